The van der Waals surface area contributed by atoms with Crippen molar-refractivity contribution in [1.82, 2.24) is 29.9 Å². The van der Waals surface area contributed by atoms with Crippen molar-refractivity contribution >= 4 is 10.8 Å². The van der Waals surface area contributed by atoms with Crippen LogP contribution in [0, 0.1) is 23.7 Å². The lowest BCUT2D eigenvalue weighted by molar-refractivity contribution is -0.0399. The molecule has 0 saturated heterocycles. The van der Waals surface area contributed by atoms with Crippen LogP contribution in [0.2, 0.25) is 0 Å². The van der Waals surface area contributed by atoms with E-state index in [1.54, 1.807) is 11.1 Å². The summed E-state index contributed by atoms with van der Waals surface area (Å²) in [6.45, 7) is 0. The van der Waals surface area contributed by atoms with Crippen LogP contribution in [0.5, 0.6) is 0 Å². The smallest absolute Gasteiger partial charge is 0.164 e. The van der Waals surface area contributed by atoms with Crippen molar-refractivity contribution in [3.63, 3.8) is 0 Å². The average molecular weight is 875 g/mol. The third-order valence-corrected chi connectivity index (χ3v) is 15.8. The summed E-state index contributed by atoms with van der Waals surface area (Å²) in [6, 6.07) is 68.7. The minimum Gasteiger partial charge on any atom is -0.208 e. The molecule has 5 aliphatic rings. The van der Waals surface area contributed by atoms with Crippen LogP contribution in [0.15, 0.2) is 194 Å². The van der Waals surface area contributed by atoms with Crippen molar-refractivity contribution in [2.75, 3.05) is 0 Å². The van der Waals surface area contributed by atoms with Crippen LogP contribution in [-0.4, -0.2) is 29.9 Å². The highest BCUT2D eigenvalue weighted by Gasteiger charge is 2.61. The van der Waals surface area contributed by atoms with Crippen molar-refractivity contribution < 1.29 is 0 Å². The largest absolute Gasteiger partial charge is 0.208 e. The molecule has 2 aromatic heterocycles. The van der Waals surface area contributed by atoms with Crippen molar-refractivity contribution in [2.24, 2.45) is 23.7 Å². The first-order chi connectivity index (χ1) is 33.6. The molecule has 0 radical (unpaired) electrons. The zero-order valence-electron chi connectivity index (χ0n) is 37.5. The first kappa shape index (κ1) is 39.2. The Morgan fingerprint density at radius 2 is 0.662 bits per heavy atom. The molecule has 4 bridgehead atoms. The molecular weight excluding hydrogens is 829 g/mol. The van der Waals surface area contributed by atoms with Crippen molar-refractivity contribution in [1.29, 1.82) is 0 Å². The van der Waals surface area contributed by atoms with Crippen LogP contribution in [0.25, 0.3) is 101 Å². The Morgan fingerprint density at radius 1 is 0.279 bits per heavy atom. The molecule has 5 aliphatic carbocycles. The fraction of sp³-hybridized carbons (Fsp3) is 0.161. The third kappa shape index (κ3) is 6.23. The maximum Gasteiger partial charge on any atom is 0.164 e. The molecule has 15 rings (SSSR count). The topological polar surface area (TPSA) is 77.3 Å². The summed E-state index contributed by atoms with van der Waals surface area (Å²) in [7, 11) is 0. The lowest BCUT2D eigenvalue weighted by Crippen LogP contribution is -2.55. The molecule has 324 valence electrons. The number of fused-ring (bicyclic) bond motifs is 4. The second-order valence-corrected chi connectivity index (χ2v) is 19.5. The predicted octanol–water partition coefficient (Wildman–Crippen LogP) is 14.6. The lowest BCUT2D eigenvalue weighted by Gasteiger charge is -2.61. The highest BCUT2D eigenvalue weighted by atomic mass is 15.0. The summed E-state index contributed by atoms with van der Waals surface area (Å²) in [4.78, 5) is 31.1. The SMILES string of the molecule is c1ccc(-c2nc(-c3ccccc3)nc(-c3ccc(-c4nc(-c5ccccc5)nc(-c5ccccc5)n4)c4cc(-c5ccc6c(c5)C5(c7ccccc7-6)C6CC7CC(C6)CC5C7)ccc34)n2)cc1. The normalized spacial score (nSPS) is 20.7. The van der Waals surface area contributed by atoms with Gasteiger partial charge >= 0.3 is 0 Å². The Hall–Kier alpha value is -7.96. The molecule has 0 unspecified atom stereocenters. The van der Waals surface area contributed by atoms with Gasteiger partial charge < -0.3 is 0 Å². The monoisotopic (exact) mass is 874 g/mol. The minimum absolute atomic E-state index is 0.0721. The number of benzene rings is 8. The molecule has 6 heteroatoms. The van der Waals surface area contributed by atoms with Crippen LogP contribution in [0.3, 0.4) is 0 Å². The van der Waals surface area contributed by atoms with E-state index in [-0.39, 0.29) is 5.41 Å². The summed E-state index contributed by atoms with van der Waals surface area (Å²) < 4.78 is 0. The summed E-state index contributed by atoms with van der Waals surface area (Å²) in [5.74, 6) is 6.84. The number of aromatic nitrogens is 6. The predicted molar refractivity (Wildman–Crippen MR) is 272 cm³/mol. The molecule has 0 aliphatic heterocycles. The highest BCUT2D eigenvalue weighted by Crippen LogP contribution is 2.69. The molecule has 6 nitrogen and oxygen atoms in total. The highest BCUT2D eigenvalue weighted by molar-refractivity contribution is 6.05. The van der Waals surface area contributed by atoms with Gasteiger partial charge in [-0.3, -0.25) is 0 Å². The van der Waals surface area contributed by atoms with E-state index in [0.717, 1.165) is 61.6 Å². The van der Waals surface area contributed by atoms with E-state index in [2.05, 4.69) is 121 Å². The number of hydrogen-bond acceptors (Lipinski definition) is 6. The number of hydrogen-bond donors (Lipinski definition) is 0. The summed E-state index contributed by atoms with van der Waals surface area (Å²) in [5.41, 5.74) is 14.0. The van der Waals surface area contributed by atoms with Gasteiger partial charge in [0.05, 0.1) is 0 Å². The van der Waals surface area contributed by atoms with Crippen molar-refractivity contribution in [3.05, 3.63) is 205 Å². The molecule has 10 aromatic rings. The molecule has 68 heavy (non-hydrogen) atoms. The average Bonchev–Trinajstić information content (AvgIpc) is 3.70. The van der Waals surface area contributed by atoms with E-state index < -0.39 is 0 Å². The van der Waals surface area contributed by atoms with Crippen LogP contribution in [0.1, 0.15) is 43.2 Å². The first-order valence-corrected chi connectivity index (χ1v) is 24.2. The van der Waals surface area contributed by atoms with E-state index >= 15 is 0 Å². The fourth-order valence-electron chi connectivity index (χ4n) is 13.1. The number of rotatable bonds is 7. The maximum absolute atomic E-state index is 5.27. The molecule has 4 fully saturated rings. The summed E-state index contributed by atoms with van der Waals surface area (Å²) in [5, 5.41) is 2.02. The van der Waals surface area contributed by atoms with Gasteiger partial charge in [-0.1, -0.05) is 170 Å². The van der Waals surface area contributed by atoms with Gasteiger partial charge in [0.25, 0.3) is 0 Å². The molecule has 0 amide bonds. The second kappa shape index (κ2) is 15.6. The van der Waals surface area contributed by atoms with Crippen molar-refractivity contribution in [2.45, 2.75) is 37.5 Å². The summed E-state index contributed by atoms with van der Waals surface area (Å²) in [6.07, 6.45) is 6.84. The first-order valence-electron chi connectivity index (χ1n) is 24.2. The van der Waals surface area contributed by atoms with Crippen molar-refractivity contribution in [3.8, 4) is 90.6 Å². The van der Waals surface area contributed by atoms with E-state index in [9.17, 15) is 0 Å². The van der Waals surface area contributed by atoms with Gasteiger partial charge in [-0.05, 0) is 124 Å². The zero-order valence-corrected chi connectivity index (χ0v) is 37.5. The third-order valence-electron chi connectivity index (χ3n) is 15.8. The van der Waals surface area contributed by atoms with E-state index in [4.69, 9.17) is 29.9 Å². The van der Waals surface area contributed by atoms with Crippen LogP contribution < -0.4 is 0 Å². The van der Waals surface area contributed by atoms with Gasteiger partial charge in [0.2, 0.25) is 0 Å². The van der Waals surface area contributed by atoms with Gasteiger partial charge in [0, 0.05) is 38.8 Å². The van der Waals surface area contributed by atoms with Crippen LogP contribution >= 0.6 is 0 Å². The summed E-state index contributed by atoms with van der Waals surface area (Å²) >= 11 is 0. The van der Waals surface area contributed by atoms with Gasteiger partial charge in [0.15, 0.2) is 34.9 Å². The van der Waals surface area contributed by atoms with E-state index in [1.165, 1.54) is 48.8 Å². The second-order valence-electron chi connectivity index (χ2n) is 19.5. The van der Waals surface area contributed by atoms with Gasteiger partial charge in [0.1, 0.15) is 0 Å². The minimum atomic E-state index is 0.0721. The quantitative estimate of drug-likeness (QED) is 0.159. The van der Waals surface area contributed by atoms with Gasteiger partial charge in [-0.15, -0.1) is 0 Å². The van der Waals surface area contributed by atoms with E-state index in [0.29, 0.717) is 46.8 Å². The Kier molecular flexibility index (Phi) is 8.98. The fourth-order valence-corrected chi connectivity index (χ4v) is 13.1. The Bertz CT molecular complexity index is 3430. The molecule has 2 heterocycles. The Balaban J connectivity index is 0.995. The van der Waals surface area contributed by atoms with Crippen LogP contribution in [0.4, 0.5) is 0 Å². The molecule has 4 saturated carbocycles. The molecule has 8 aromatic carbocycles. The maximum atomic E-state index is 5.27. The van der Waals surface area contributed by atoms with Gasteiger partial charge in [-0.25, -0.2) is 29.9 Å². The molecular formula is C62H46N6. The molecule has 0 N–H and O–H groups in total. The lowest BCUT2D eigenvalue weighted by atomic mass is 9.43. The molecule has 1 spiro atoms. The van der Waals surface area contributed by atoms with Crippen LogP contribution in [-0.2, 0) is 5.41 Å². The van der Waals surface area contributed by atoms with Gasteiger partial charge in [-0.2, -0.15) is 0 Å². The zero-order chi connectivity index (χ0) is 44.8. The standard InChI is InChI=1S/C62H46N6/c1-5-15-40(16-6-1)56-63-57(41-17-7-2-8-18-41)66-60(65-56)51-29-30-52(61-67-58(42-19-9-3-10-20-42)64-59(68-61)43-21-11-4-12-22-43)53-36-44(25-27-48(51)53)45-26-28-50-49-23-13-14-24-54(49)62(55(50)37-45)46-32-38-31-39(34-46)35-47(62)33-38/h1-30,36-39,46-47H,31-35H2. The van der Waals surface area contributed by atoms with E-state index in [1.807, 2.05) is 72.8 Å². The number of nitrogens with zero attached hydrogens (tertiary/aromatic N) is 6. The molecule has 0 atom stereocenters. The Labute approximate surface area is 396 Å². The Morgan fingerprint density at radius 3 is 1.16 bits per heavy atom.